The Morgan fingerprint density at radius 3 is 2.37 bits per heavy atom. The third kappa shape index (κ3) is 7.34. The highest BCUT2D eigenvalue weighted by Gasteiger charge is 2.21. The first-order valence-corrected chi connectivity index (χ1v) is 11.8. The lowest BCUT2D eigenvalue weighted by Gasteiger charge is -2.28. The third-order valence-electron chi connectivity index (χ3n) is 5.76. The monoisotopic (exact) mass is 475 g/mol. The van der Waals surface area contributed by atoms with Crippen molar-refractivity contribution in [1.82, 2.24) is 4.90 Å². The van der Waals surface area contributed by atoms with Crippen molar-refractivity contribution in [3.05, 3.63) is 89.2 Å². The molecule has 1 amide bonds. The number of carboxylic acid groups (broad SMARTS) is 1. The van der Waals surface area contributed by atoms with Gasteiger partial charge in [0, 0.05) is 35.7 Å². The van der Waals surface area contributed by atoms with Gasteiger partial charge in [-0.1, -0.05) is 35.9 Å². The number of hydrogen-bond acceptors (Lipinski definition) is 4. The van der Waals surface area contributed by atoms with Gasteiger partial charge < -0.3 is 19.2 Å². The molecule has 0 saturated carbocycles. The van der Waals surface area contributed by atoms with Crippen molar-refractivity contribution in [2.24, 2.45) is 0 Å². The summed E-state index contributed by atoms with van der Waals surface area (Å²) in [5.74, 6) is 1.46. The van der Waals surface area contributed by atoms with Gasteiger partial charge in [-0.15, -0.1) is 0 Å². The number of allylic oxidation sites excluding steroid dienone is 1. The van der Waals surface area contributed by atoms with Gasteiger partial charge in [-0.25, -0.2) is 0 Å². The second-order valence-electron chi connectivity index (χ2n) is 8.88. The number of rotatable bonds is 11. The van der Waals surface area contributed by atoms with Gasteiger partial charge in [-0.3, -0.25) is 9.59 Å². The minimum atomic E-state index is -0.812. The second kappa shape index (κ2) is 12.1. The van der Waals surface area contributed by atoms with Crippen molar-refractivity contribution < 1.29 is 23.8 Å². The summed E-state index contributed by atoms with van der Waals surface area (Å²) in [6, 6.07) is 19.0. The minimum Gasteiger partial charge on any atom is -0.489 e. The van der Waals surface area contributed by atoms with E-state index in [1.807, 2.05) is 99.3 Å². The summed E-state index contributed by atoms with van der Waals surface area (Å²) >= 11 is 0. The van der Waals surface area contributed by atoms with Crippen LogP contribution in [0, 0.1) is 6.92 Å². The number of benzene rings is 2. The fourth-order valence-electron chi connectivity index (χ4n) is 3.66. The molecular formula is C29H33NO5. The summed E-state index contributed by atoms with van der Waals surface area (Å²) < 4.78 is 11.7. The Balaban J connectivity index is 1.71. The lowest BCUT2D eigenvalue weighted by Crippen LogP contribution is -2.36. The molecule has 35 heavy (non-hydrogen) atoms. The standard InChI is InChI=1S/C29H33NO5/c1-20(2)30(29(33)24-13-11-23(12-14-24)27-15-10-22(4)35-27)19-25-7-5-6-8-26(25)34-18-17-21(3)9-16-28(31)32/h5-8,10-15,17,20H,9,16,18-19H2,1-4H3,(H,31,32)/b21-17+. The molecule has 1 heterocycles. The van der Waals surface area contributed by atoms with E-state index in [2.05, 4.69) is 0 Å². The second-order valence-corrected chi connectivity index (χ2v) is 8.88. The molecule has 0 radical (unpaired) electrons. The van der Waals surface area contributed by atoms with Crippen LogP contribution in [0.2, 0.25) is 0 Å². The van der Waals surface area contributed by atoms with Crippen LogP contribution in [0.25, 0.3) is 11.3 Å². The Morgan fingerprint density at radius 1 is 1.03 bits per heavy atom. The molecule has 3 aromatic rings. The van der Waals surface area contributed by atoms with Gasteiger partial charge in [0.2, 0.25) is 0 Å². The van der Waals surface area contributed by atoms with E-state index in [0.29, 0.717) is 30.9 Å². The predicted molar refractivity (Wildman–Crippen MR) is 136 cm³/mol. The van der Waals surface area contributed by atoms with Crippen LogP contribution in [0.15, 0.2) is 76.7 Å². The molecule has 2 aromatic carbocycles. The van der Waals surface area contributed by atoms with Crippen molar-refractivity contribution >= 4 is 11.9 Å². The number of nitrogens with zero attached hydrogens (tertiary/aromatic N) is 1. The summed E-state index contributed by atoms with van der Waals surface area (Å²) in [6.45, 7) is 8.54. The topological polar surface area (TPSA) is 80.0 Å². The first-order chi connectivity index (χ1) is 16.7. The van der Waals surface area contributed by atoms with E-state index in [4.69, 9.17) is 14.3 Å². The lowest BCUT2D eigenvalue weighted by molar-refractivity contribution is -0.136. The number of aliphatic carboxylic acids is 1. The summed E-state index contributed by atoms with van der Waals surface area (Å²) in [5.41, 5.74) is 3.42. The Bertz CT molecular complexity index is 1170. The highest BCUT2D eigenvalue weighted by Crippen LogP contribution is 2.25. The van der Waals surface area contributed by atoms with Gasteiger partial charge in [0.15, 0.2) is 0 Å². The Kier molecular flexibility index (Phi) is 8.90. The van der Waals surface area contributed by atoms with Gasteiger partial charge in [-0.05, 0) is 70.5 Å². The zero-order valence-electron chi connectivity index (χ0n) is 20.8. The summed E-state index contributed by atoms with van der Waals surface area (Å²) in [7, 11) is 0. The van der Waals surface area contributed by atoms with E-state index in [-0.39, 0.29) is 18.4 Å². The van der Waals surface area contributed by atoms with Crippen molar-refractivity contribution in [3.63, 3.8) is 0 Å². The Morgan fingerprint density at radius 2 is 1.74 bits per heavy atom. The zero-order valence-corrected chi connectivity index (χ0v) is 20.8. The van der Waals surface area contributed by atoms with Crippen LogP contribution in [0.4, 0.5) is 0 Å². The molecule has 0 aliphatic rings. The van der Waals surface area contributed by atoms with E-state index in [0.717, 1.165) is 28.2 Å². The van der Waals surface area contributed by atoms with Gasteiger partial charge in [0.1, 0.15) is 23.9 Å². The Hall–Kier alpha value is -3.80. The number of ether oxygens (including phenoxy) is 1. The van der Waals surface area contributed by atoms with Crippen LogP contribution in [-0.2, 0) is 11.3 Å². The molecule has 1 aromatic heterocycles. The van der Waals surface area contributed by atoms with Crippen LogP contribution in [0.1, 0.15) is 55.3 Å². The van der Waals surface area contributed by atoms with Crippen molar-refractivity contribution in [1.29, 1.82) is 0 Å². The van der Waals surface area contributed by atoms with Crippen molar-refractivity contribution in [3.8, 4) is 17.1 Å². The predicted octanol–water partition coefficient (Wildman–Crippen LogP) is 6.50. The average Bonchev–Trinajstić information content (AvgIpc) is 3.27. The lowest BCUT2D eigenvalue weighted by atomic mass is 10.1. The van der Waals surface area contributed by atoms with Gasteiger partial charge in [0.25, 0.3) is 5.91 Å². The Labute approximate surface area is 206 Å². The minimum absolute atomic E-state index is 0.0129. The molecule has 0 fully saturated rings. The number of aryl methyl sites for hydroxylation is 1. The maximum Gasteiger partial charge on any atom is 0.303 e. The third-order valence-corrected chi connectivity index (χ3v) is 5.76. The van der Waals surface area contributed by atoms with E-state index >= 15 is 0 Å². The van der Waals surface area contributed by atoms with E-state index in [1.165, 1.54) is 0 Å². The normalized spacial score (nSPS) is 11.5. The number of amides is 1. The van der Waals surface area contributed by atoms with E-state index in [1.54, 1.807) is 0 Å². The summed E-state index contributed by atoms with van der Waals surface area (Å²) in [6.07, 6.45) is 2.49. The number of para-hydroxylation sites is 1. The molecule has 0 aliphatic carbocycles. The fraction of sp³-hybridized carbons (Fsp3) is 0.310. The smallest absolute Gasteiger partial charge is 0.303 e. The quantitative estimate of drug-likeness (QED) is 0.320. The first-order valence-electron chi connectivity index (χ1n) is 11.8. The van der Waals surface area contributed by atoms with E-state index in [9.17, 15) is 9.59 Å². The molecule has 0 spiro atoms. The molecule has 0 bridgehead atoms. The largest absolute Gasteiger partial charge is 0.489 e. The van der Waals surface area contributed by atoms with Crippen LogP contribution in [0.3, 0.4) is 0 Å². The van der Waals surface area contributed by atoms with Crippen LogP contribution in [0.5, 0.6) is 5.75 Å². The van der Waals surface area contributed by atoms with Crippen LogP contribution < -0.4 is 4.74 Å². The SMILES string of the molecule is C/C(=C\COc1ccccc1CN(C(=O)c1ccc(-c2ccc(C)o2)cc1)C(C)C)CCC(=O)O. The highest BCUT2D eigenvalue weighted by molar-refractivity contribution is 5.94. The van der Waals surface area contributed by atoms with Gasteiger partial charge in [-0.2, -0.15) is 0 Å². The molecule has 0 atom stereocenters. The molecule has 184 valence electrons. The van der Waals surface area contributed by atoms with Gasteiger partial charge >= 0.3 is 5.97 Å². The number of carbonyl (C=O) groups is 2. The van der Waals surface area contributed by atoms with Crippen LogP contribution in [-0.4, -0.2) is 34.5 Å². The number of carbonyl (C=O) groups excluding carboxylic acids is 1. The van der Waals surface area contributed by atoms with Gasteiger partial charge in [0.05, 0.1) is 0 Å². The van der Waals surface area contributed by atoms with Crippen molar-refractivity contribution in [2.75, 3.05) is 6.61 Å². The molecule has 0 unspecified atom stereocenters. The molecule has 6 nitrogen and oxygen atoms in total. The molecular weight excluding hydrogens is 442 g/mol. The number of hydrogen-bond donors (Lipinski definition) is 1. The van der Waals surface area contributed by atoms with E-state index < -0.39 is 5.97 Å². The maximum atomic E-state index is 13.4. The van der Waals surface area contributed by atoms with Crippen molar-refractivity contribution in [2.45, 2.75) is 53.1 Å². The molecule has 3 rings (SSSR count). The fourth-order valence-corrected chi connectivity index (χ4v) is 3.66. The molecule has 0 saturated heterocycles. The maximum absolute atomic E-state index is 13.4. The highest BCUT2D eigenvalue weighted by atomic mass is 16.5. The first kappa shape index (κ1) is 25.8. The zero-order chi connectivity index (χ0) is 25.4. The molecule has 1 N–H and O–H groups in total. The average molecular weight is 476 g/mol. The number of carboxylic acids is 1. The molecule has 6 heteroatoms. The number of furan rings is 1. The van der Waals surface area contributed by atoms with Crippen LogP contribution >= 0.6 is 0 Å². The molecule has 0 aliphatic heterocycles. The summed E-state index contributed by atoms with van der Waals surface area (Å²) in [5, 5.41) is 8.83. The summed E-state index contributed by atoms with van der Waals surface area (Å²) in [4.78, 5) is 26.0.